The average molecular weight is 337 g/mol. The van der Waals surface area contributed by atoms with Gasteiger partial charge in [-0.3, -0.25) is 9.59 Å². The lowest BCUT2D eigenvalue weighted by Crippen LogP contribution is -2.34. The lowest BCUT2D eigenvalue weighted by Gasteiger charge is -2.18. The van der Waals surface area contributed by atoms with E-state index in [0.29, 0.717) is 5.69 Å². The van der Waals surface area contributed by atoms with Gasteiger partial charge in [-0.05, 0) is 61.4 Å². The van der Waals surface area contributed by atoms with Gasteiger partial charge in [0.2, 0.25) is 5.91 Å². The third-order valence-corrected chi connectivity index (χ3v) is 4.62. The van der Waals surface area contributed by atoms with Crippen LogP contribution in [0.15, 0.2) is 42.5 Å². The number of hydrogen-bond donors (Lipinski definition) is 1. The molecule has 130 valence electrons. The van der Waals surface area contributed by atoms with Crippen molar-refractivity contribution < 1.29 is 9.59 Å². The summed E-state index contributed by atoms with van der Waals surface area (Å²) in [5, 5.41) is 3.18. The van der Waals surface area contributed by atoms with E-state index in [4.69, 9.17) is 0 Å². The maximum Gasteiger partial charge on any atom is 0.256 e. The van der Waals surface area contributed by atoms with Crippen molar-refractivity contribution in [2.45, 2.75) is 26.3 Å². The molecule has 0 spiro atoms. The Balaban J connectivity index is 1.77. The molecule has 0 saturated carbocycles. The van der Waals surface area contributed by atoms with E-state index in [9.17, 15) is 9.59 Å². The summed E-state index contributed by atoms with van der Waals surface area (Å²) in [5.74, 6) is -0.374. The number of amides is 2. The van der Waals surface area contributed by atoms with Gasteiger partial charge < -0.3 is 10.2 Å². The van der Waals surface area contributed by atoms with Crippen LogP contribution in [-0.2, 0) is 9.59 Å². The van der Waals surface area contributed by atoms with Gasteiger partial charge in [0.1, 0.15) is 6.04 Å². The van der Waals surface area contributed by atoms with Crippen LogP contribution in [-0.4, -0.2) is 32.0 Å². The topological polar surface area (TPSA) is 52.7 Å². The van der Waals surface area contributed by atoms with Gasteiger partial charge in [0, 0.05) is 25.5 Å². The largest absolute Gasteiger partial charge is 0.378 e. The first-order chi connectivity index (χ1) is 11.9. The number of carbonyl (C=O) groups excluding carboxylic acids is 2. The van der Waals surface area contributed by atoms with Gasteiger partial charge in [0.15, 0.2) is 0 Å². The average Bonchev–Trinajstić information content (AvgIpc) is 2.85. The molecule has 2 amide bonds. The zero-order valence-corrected chi connectivity index (χ0v) is 15.0. The van der Waals surface area contributed by atoms with E-state index in [0.717, 1.165) is 22.5 Å². The standard InChI is InChI=1S/C20H23N3O2/c1-13-5-8-17(11-14(13)2)23-19(24)12-18(20(23)25)21-15-6-9-16(10-7-15)22(3)4/h5-11,18,21H,12H2,1-4H3. The molecule has 1 N–H and O–H groups in total. The number of anilines is 3. The normalized spacial score (nSPS) is 17.1. The zero-order valence-electron chi connectivity index (χ0n) is 15.0. The molecule has 0 aliphatic carbocycles. The highest BCUT2D eigenvalue weighted by atomic mass is 16.2. The van der Waals surface area contributed by atoms with Crippen LogP contribution in [0.3, 0.4) is 0 Å². The molecule has 1 fully saturated rings. The molecule has 0 bridgehead atoms. The molecule has 5 nitrogen and oxygen atoms in total. The number of carbonyl (C=O) groups is 2. The molecule has 5 heteroatoms. The highest BCUT2D eigenvalue weighted by Crippen LogP contribution is 2.27. The lowest BCUT2D eigenvalue weighted by molar-refractivity contribution is -0.121. The summed E-state index contributed by atoms with van der Waals surface area (Å²) < 4.78 is 0. The molecule has 0 radical (unpaired) electrons. The molecular weight excluding hydrogens is 314 g/mol. The van der Waals surface area contributed by atoms with Gasteiger partial charge in [0.25, 0.3) is 5.91 Å². The van der Waals surface area contributed by atoms with Crippen molar-refractivity contribution >= 4 is 28.9 Å². The molecule has 0 aromatic heterocycles. The lowest BCUT2D eigenvalue weighted by atomic mass is 10.1. The first-order valence-corrected chi connectivity index (χ1v) is 8.35. The summed E-state index contributed by atoms with van der Waals surface area (Å²) in [7, 11) is 3.95. The Labute approximate surface area is 148 Å². The molecular formula is C20H23N3O2. The number of aryl methyl sites for hydroxylation is 2. The SMILES string of the molecule is Cc1ccc(N2C(=O)CC(Nc3ccc(N(C)C)cc3)C2=O)cc1C. The van der Waals surface area contributed by atoms with Gasteiger partial charge in [-0.2, -0.15) is 0 Å². The van der Waals surface area contributed by atoms with E-state index in [1.165, 1.54) is 4.90 Å². The minimum atomic E-state index is -0.528. The van der Waals surface area contributed by atoms with Gasteiger partial charge in [-0.25, -0.2) is 4.90 Å². The van der Waals surface area contributed by atoms with Crippen molar-refractivity contribution in [3.8, 4) is 0 Å². The van der Waals surface area contributed by atoms with Crippen LogP contribution in [0.25, 0.3) is 0 Å². The van der Waals surface area contributed by atoms with Gasteiger partial charge >= 0.3 is 0 Å². The minimum Gasteiger partial charge on any atom is -0.378 e. The third kappa shape index (κ3) is 3.36. The Morgan fingerprint density at radius 1 is 1.00 bits per heavy atom. The van der Waals surface area contributed by atoms with Crippen molar-refractivity contribution in [2.75, 3.05) is 29.2 Å². The summed E-state index contributed by atoms with van der Waals surface area (Å²) >= 11 is 0. The summed E-state index contributed by atoms with van der Waals surface area (Å²) in [6.07, 6.45) is 0.168. The molecule has 1 saturated heterocycles. The molecule has 2 aromatic carbocycles. The second kappa shape index (κ2) is 6.59. The van der Waals surface area contributed by atoms with Crippen LogP contribution in [0.4, 0.5) is 17.1 Å². The van der Waals surface area contributed by atoms with Crippen LogP contribution < -0.4 is 15.1 Å². The maximum absolute atomic E-state index is 12.7. The quantitative estimate of drug-likeness (QED) is 0.871. The number of imide groups is 1. The van der Waals surface area contributed by atoms with Crippen LogP contribution in [0.2, 0.25) is 0 Å². The minimum absolute atomic E-state index is 0.168. The van der Waals surface area contributed by atoms with Gasteiger partial charge in [0.05, 0.1) is 12.1 Å². The molecule has 1 unspecified atom stereocenters. The van der Waals surface area contributed by atoms with Crippen LogP contribution in [0, 0.1) is 13.8 Å². The molecule has 3 rings (SSSR count). The van der Waals surface area contributed by atoms with Crippen molar-refractivity contribution in [2.24, 2.45) is 0 Å². The number of benzene rings is 2. The van der Waals surface area contributed by atoms with Gasteiger partial charge in [-0.1, -0.05) is 6.07 Å². The number of hydrogen-bond acceptors (Lipinski definition) is 4. The summed E-state index contributed by atoms with van der Waals surface area (Å²) in [5.41, 5.74) is 4.76. The molecule has 1 heterocycles. The number of rotatable bonds is 4. The van der Waals surface area contributed by atoms with E-state index in [1.54, 1.807) is 0 Å². The van der Waals surface area contributed by atoms with E-state index in [2.05, 4.69) is 5.32 Å². The summed E-state index contributed by atoms with van der Waals surface area (Å²) in [6.45, 7) is 3.99. The third-order valence-electron chi connectivity index (χ3n) is 4.62. The number of nitrogens with one attached hydrogen (secondary N) is 1. The van der Waals surface area contributed by atoms with E-state index >= 15 is 0 Å². The number of nitrogens with zero attached hydrogens (tertiary/aromatic N) is 2. The molecule has 25 heavy (non-hydrogen) atoms. The zero-order chi connectivity index (χ0) is 18.1. The van der Waals surface area contributed by atoms with Crippen molar-refractivity contribution in [1.29, 1.82) is 0 Å². The second-order valence-electron chi connectivity index (χ2n) is 6.68. The smallest absolute Gasteiger partial charge is 0.256 e. The van der Waals surface area contributed by atoms with E-state index in [-0.39, 0.29) is 18.2 Å². The maximum atomic E-state index is 12.7. The Hall–Kier alpha value is -2.82. The Morgan fingerprint density at radius 2 is 1.68 bits per heavy atom. The monoisotopic (exact) mass is 337 g/mol. The molecule has 1 aliphatic rings. The predicted molar refractivity (Wildman–Crippen MR) is 101 cm³/mol. The van der Waals surface area contributed by atoms with Crippen LogP contribution in [0.5, 0.6) is 0 Å². The highest BCUT2D eigenvalue weighted by Gasteiger charge is 2.39. The van der Waals surface area contributed by atoms with E-state index in [1.807, 2.05) is 75.3 Å². The van der Waals surface area contributed by atoms with Crippen molar-refractivity contribution in [1.82, 2.24) is 0 Å². The highest BCUT2D eigenvalue weighted by molar-refractivity contribution is 6.23. The van der Waals surface area contributed by atoms with Crippen molar-refractivity contribution in [3.05, 3.63) is 53.6 Å². The molecule has 1 aliphatic heterocycles. The Bertz CT molecular complexity index is 812. The predicted octanol–water partition coefficient (Wildman–Crippen LogP) is 3.11. The van der Waals surface area contributed by atoms with E-state index < -0.39 is 6.04 Å². The Morgan fingerprint density at radius 3 is 2.28 bits per heavy atom. The fourth-order valence-corrected chi connectivity index (χ4v) is 2.94. The second-order valence-corrected chi connectivity index (χ2v) is 6.68. The fourth-order valence-electron chi connectivity index (χ4n) is 2.94. The van der Waals surface area contributed by atoms with Crippen molar-refractivity contribution in [3.63, 3.8) is 0 Å². The first kappa shape index (κ1) is 17.0. The van der Waals surface area contributed by atoms with Crippen LogP contribution in [0.1, 0.15) is 17.5 Å². The van der Waals surface area contributed by atoms with Crippen LogP contribution >= 0.6 is 0 Å². The Kier molecular flexibility index (Phi) is 4.49. The summed E-state index contributed by atoms with van der Waals surface area (Å²) in [6, 6.07) is 12.9. The molecule has 2 aromatic rings. The fraction of sp³-hybridized carbons (Fsp3) is 0.300. The summed E-state index contributed by atoms with van der Waals surface area (Å²) in [4.78, 5) is 28.4. The van der Waals surface area contributed by atoms with Gasteiger partial charge in [-0.15, -0.1) is 0 Å². The molecule has 1 atom stereocenters. The first-order valence-electron chi connectivity index (χ1n) is 8.35.